The molecule has 0 spiro atoms. The third kappa shape index (κ3) is 4.10. The molecular formula is C19H18N6O4. The Bertz CT molecular complexity index is 1120. The number of anilines is 1. The molecule has 10 heteroatoms. The molecule has 0 fully saturated rings. The molecule has 0 saturated heterocycles. The zero-order valence-electron chi connectivity index (χ0n) is 16.0. The number of rotatable bonds is 6. The van der Waals surface area contributed by atoms with Crippen LogP contribution in [0.4, 0.5) is 17.2 Å². The Morgan fingerprint density at radius 1 is 1.03 bits per heavy atom. The Hall–Kier alpha value is -4.08. The van der Waals surface area contributed by atoms with Crippen LogP contribution in [0.3, 0.4) is 0 Å². The van der Waals surface area contributed by atoms with Crippen LogP contribution in [0.5, 0.6) is 0 Å². The van der Waals surface area contributed by atoms with Gasteiger partial charge >= 0.3 is 0 Å². The van der Waals surface area contributed by atoms with Crippen LogP contribution >= 0.6 is 0 Å². The standard InChI is InChI=1S/C19H18N6O4/c1-12-8-16(24(26)27)4-6-18(12)23-13(2)9-15(14(23)3)10-21-22-19-7-5-17(11-20-19)25(28)29/h4-11H,1-3H3,(H,20,22)/b21-10+. The highest BCUT2D eigenvalue weighted by Gasteiger charge is 2.14. The fourth-order valence-electron chi connectivity index (χ4n) is 3.02. The molecule has 1 aromatic carbocycles. The number of hydrazone groups is 1. The lowest BCUT2D eigenvalue weighted by Gasteiger charge is -2.12. The number of nitrogens with one attached hydrogen (secondary N) is 1. The molecule has 0 radical (unpaired) electrons. The Balaban J connectivity index is 1.83. The topological polar surface area (TPSA) is 128 Å². The van der Waals surface area contributed by atoms with Crippen LogP contribution < -0.4 is 5.43 Å². The Kier molecular flexibility index (Phi) is 5.35. The number of nitrogens with zero attached hydrogens (tertiary/aromatic N) is 5. The first-order chi connectivity index (χ1) is 13.8. The van der Waals surface area contributed by atoms with E-state index in [9.17, 15) is 20.2 Å². The van der Waals surface area contributed by atoms with E-state index in [1.165, 1.54) is 18.2 Å². The molecule has 0 unspecified atom stereocenters. The largest absolute Gasteiger partial charge is 0.318 e. The van der Waals surface area contributed by atoms with Gasteiger partial charge in [-0.15, -0.1) is 0 Å². The maximum atomic E-state index is 11.0. The van der Waals surface area contributed by atoms with Crippen LogP contribution in [0, 0.1) is 41.0 Å². The molecule has 148 valence electrons. The minimum Gasteiger partial charge on any atom is -0.318 e. The summed E-state index contributed by atoms with van der Waals surface area (Å²) in [5.41, 5.74) is 7.07. The Morgan fingerprint density at radius 3 is 2.31 bits per heavy atom. The molecule has 1 N–H and O–H groups in total. The molecule has 0 aliphatic carbocycles. The van der Waals surface area contributed by atoms with Gasteiger partial charge in [-0.25, -0.2) is 4.98 Å². The van der Waals surface area contributed by atoms with Gasteiger partial charge in [-0.2, -0.15) is 5.10 Å². The van der Waals surface area contributed by atoms with Crippen LogP contribution in [0.2, 0.25) is 0 Å². The van der Waals surface area contributed by atoms with Gasteiger partial charge in [-0.1, -0.05) is 0 Å². The van der Waals surface area contributed by atoms with E-state index < -0.39 is 9.85 Å². The van der Waals surface area contributed by atoms with Crippen molar-refractivity contribution in [3.05, 3.63) is 85.3 Å². The quantitative estimate of drug-likeness (QED) is 0.381. The van der Waals surface area contributed by atoms with Gasteiger partial charge in [-0.05, 0) is 44.5 Å². The molecule has 0 saturated carbocycles. The summed E-state index contributed by atoms with van der Waals surface area (Å²) in [6.45, 7) is 5.70. The van der Waals surface area contributed by atoms with Gasteiger partial charge in [0.05, 0.1) is 16.1 Å². The number of benzene rings is 1. The molecule has 0 aliphatic rings. The first kappa shape index (κ1) is 19.7. The van der Waals surface area contributed by atoms with Crippen molar-refractivity contribution in [2.24, 2.45) is 5.10 Å². The van der Waals surface area contributed by atoms with Crippen molar-refractivity contribution in [1.82, 2.24) is 9.55 Å². The van der Waals surface area contributed by atoms with Crippen molar-refractivity contribution >= 4 is 23.4 Å². The third-order valence-electron chi connectivity index (χ3n) is 4.44. The molecule has 0 bridgehead atoms. The highest BCUT2D eigenvalue weighted by molar-refractivity contribution is 5.82. The molecule has 0 atom stereocenters. The predicted octanol–water partition coefficient (Wildman–Crippen LogP) is 4.06. The number of aromatic nitrogens is 2. The van der Waals surface area contributed by atoms with E-state index in [-0.39, 0.29) is 11.4 Å². The number of pyridine rings is 1. The second-order valence-corrected chi connectivity index (χ2v) is 6.42. The van der Waals surface area contributed by atoms with E-state index in [1.807, 2.05) is 31.4 Å². The van der Waals surface area contributed by atoms with Crippen molar-refractivity contribution in [2.45, 2.75) is 20.8 Å². The summed E-state index contributed by atoms with van der Waals surface area (Å²) in [7, 11) is 0. The lowest BCUT2D eigenvalue weighted by molar-refractivity contribution is -0.385. The zero-order chi connectivity index (χ0) is 21.1. The summed E-state index contributed by atoms with van der Waals surface area (Å²) in [6.07, 6.45) is 2.78. The second kappa shape index (κ2) is 7.89. The number of non-ortho nitro benzene ring substituents is 1. The fourth-order valence-corrected chi connectivity index (χ4v) is 3.02. The van der Waals surface area contributed by atoms with Crippen LogP contribution in [0.25, 0.3) is 5.69 Å². The van der Waals surface area contributed by atoms with Crippen LogP contribution in [0.1, 0.15) is 22.5 Å². The fraction of sp³-hybridized carbons (Fsp3) is 0.158. The minimum atomic E-state index is -0.519. The van der Waals surface area contributed by atoms with Crippen LogP contribution in [0.15, 0.2) is 47.7 Å². The maximum absolute atomic E-state index is 11.0. The van der Waals surface area contributed by atoms with Crippen molar-refractivity contribution in [2.75, 3.05) is 5.43 Å². The smallest absolute Gasteiger partial charge is 0.287 e. The third-order valence-corrected chi connectivity index (χ3v) is 4.44. The molecule has 2 aromatic heterocycles. The van der Waals surface area contributed by atoms with Gasteiger partial charge < -0.3 is 4.57 Å². The highest BCUT2D eigenvalue weighted by Crippen LogP contribution is 2.25. The summed E-state index contributed by atoms with van der Waals surface area (Å²) in [4.78, 5) is 24.6. The van der Waals surface area contributed by atoms with Gasteiger partial charge in [0.1, 0.15) is 12.0 Å². The average Bonchev–Trinajstić information content (AvgIpc) is 2.95. The Morgan fingerprint density at radius 2 is 1.72 bits per heavy atom. The zero-order valence-corrected chi connectivity index (χ0v) is 16.0. The van der Waals surface area contributed by atoms with E-state index in [4.69, 9.17) is 0 Å². The van der Waals surface area contributed by atoms with Gasteiger partial charge in [0.2, 0.25) is 0 Å². The molecule has 0 aliphatic heterocycles. The van der Waals surface area contributed by atoms with Gasteiger partial charge in [0.15, 0.2) is 0 Å². The van der Waals surface area contributed by atoms with E-state index in [0.717, 1.165) is 34.4 Å². The van der Waals surface area contributed by atoms with E-state index in [2.05, 4.69) is 15.5 Å². The summed E-state index contributed by atoms with van der Waals surface area (Å²) in [6, 6.07) is 9.52. The Labute approximate surface area is 165 Å². The predicted molar refractivity (Wildman–Crippen MR) is 109 cm³/mol. The molecular weight excluding hydrogens is 376 g/mol. The molecule has 3 rings (SSSR count). The maximum Gasteiger partial charge on any atom is 0.287 e. The van der Waals surface area contributed by atoms with Gasteiger partial charge in [0.25, 0.3) is 11.4 Å². The van der Waals surface area contributed by atoms with Crippen LogP contribution in [-0.4, -0.2) is 25.6 Å². The number of hydrogen-bond acceptors (Lipinski definition) is 7. The van der Waals surface area contributed by atoms with E-state index in [0.29, 0.717) is 5.82 Å². The number of nitro benzene ring substituents is 1. The van der Waals surface area contributed by atoms with Crippen molar-refractivity contribution in [3.8, 4) is 5.69 Å². The van der Waals surface area contributed by atoms with Crippen molar-refractivity contribution in [1.29, 1.82) is 0 Å². The van der Waals surface area contributed by atoms with Gasteiger partial charge in [0, 0.05) is 40.8 Å². The summed E-state index contributed by atoms with van der Waals surface area (Å²) in [5, 5.41) is 25.8. The molecule has 0 amide bonds. The minimum absolute atomic E-state index is 0.0512. The number of nitro groups is 2. The van der Waals surface area contributed by atoms with Gasteiger partial charge in [-0.3, -0.25) is 25.7 Å². The average molecular weight is 394 g/mol. The monoisotopic (exact) mass is 394 g/mol. The number of hydrogen-bond donors (Lipinski definition) is 1. The summed E-state index contributed by atoms with van der Waals surface area (Å²) in [5.74, 6) is 0.381. The second-order valence-electron chi connectivity index (χ2n) is 6.42. The SMILES string of the molecule is Cc1cc([N+](=O)[O-])ccc1-n1c(C)cc(/C=N/Nc2ccc([N+](=O)[O-])cn2)c1C. The molecule has 2 heterocycles. The molecule has 3 aromatic rings. The number of aryl methyl sites for hydroxylation is 2. The van der Waals surface area contributed by atoms with Crippen LogP contribution in [-0.2, 0) is 0 Å². The lowest BCUT2D eigenvalue weighted by Crippen LogP contribution is -2.03. The highest BCUT2D eigenvalue weighted by atomic mass is 16.6. The van der Waals surface area contributed by atoms with E-state index in [1.54, 1.807) is 18.3 Å². The molecule has 29 heavy (non-hydrogen) atoms. The lowest BCUT2D eigenvalue weighted by atomic mass is 10.1. The van der Waals surface area contributed by atoms with Crippen molar-refractivity contribution < 1.29 is 9.85 Å². The van der Waals surface area contributed by atoms with Crippen molar-refractivity contribution in [3.63, 3.8) is 0 Å². The summed E-state index contributed by atoms with van der Waals surface area (Å²) >= 11 is 0. The van der Waals surface area contributed by atoms with E-state index >= 15 is 0 Å². The first-order valence-corrected chi connectivity index (χ1v) is 8.62. The summed E-state index contributed by atoms with van der Waals surface area (Å²) < 4.78 is 2.00. The molecule has 10 nitrogen and oxygen atoms in total. The first-order valence-electron chi connectivity index (χ1n) is 8.62. The normalized spacial score (nSPS) is 11.0.